The van der Waals surface area contributed by atoms with Gasteiger partial charge in [-0.1, -0.05) is 30.3 Å². The maximum Gasteiger partial charge on any atom is 0.146 e. The molecule has 18 heavy (non-hydrogen) atoms. The van der Waals surface area contributed by atoms with Crippen molar-refractivity contribution in [2.24, 2.45) is 5.73 Å². The molecule has 2 N–H and O–H groups in total. The van der Waals surface area contributed by atoms with E-state index in [1.54, 1.807) is 13.2 Å². The standard InChI is InChI=1S/C14H15FN2O/c1-18-14(10-5-3-2-4-6-10)13(16)11-7-8-17-9-12(11)15/h2-9,13-14H,16H2,1H3. The quantitative estimate of drug-likeness (QED) is 0.902. The van der Waals surface area contributed by atoms with E-state index in [9.17, 15) is 4.39 Å². The van der Waals surface area contributed by atoms with Gasteiger partial charge < -0.3 is 10.5 Å². The first-order chi connectivity index (χ1) is 8.74. The molecule has 2 rings (SSSR count). The van der Waals surface area contributed by atoms with Gasteiger partial charge in [0.2, 0.25) is 0 Å². The van der Waals surface area contributed by atoms with Crippen LogP contribution in [-0.4, -0.2) is 12.1 Å². The number of aromatic nitrogens is 1. The summed E-state index contributed by atoms with van der Waals surface area (Å²) >= 11 is 0. The smallest absolute Gasteiger partial charge is 0.146 e. The van der Waals surface area contributed by atoms with Gasteiger partial charge in [0.25, 0.3) is 0 Å². The minimum atomic E-state index is -0.569. The number of rotatable bonds is 4. The maximum atomic E-state index is 13.7. The number of hydrogen-bond donors (Lipinski definition) is 1. The fourth-order valence-electron chi connectivity index (χ4n) is 1.95. The largest absolute Gasteiger partial charge is 0.375 e. The van der Waals surface area contributed by atoms with Crippen molar-refractivity contribution < 1.29 is 9.13 Å². The number of methoxy groups -OCH3 is 1. The van der Waals surface area contributed by atoms with Crippen LogP contribution in [0.15, 0.2) is 48.8 Å². The molecule has 0 radical (unpaired) electrons. The number of halogens is 1. The molecule has 0 spiro atoms. The monoisotopic (exact) mass is 246 g/mol. The highest BCUT2D eigenvalue weighted by molar-refractivity contribution is 5.25. The first-order valence-electron chi connectivity index (χ1n) is 5.66. The molecule has 1 aromatic heterocycles. The molecule has 0 amide bonds. The Labute approximate surface area is 105 Å². The van der Waals surface area contributed by atoms with Crippen LogP contribution in [0.5, 0.6) is 0 Å². The van der Waals surface area contributed by atoms with Crippen LogP contribution < -0.4 is 5.73 Å². The summed E-state index contributed by atoms with van der Waals surface area (Å²) < 4.78 is 19.0. The Morgan fingerprint density at radius 1 is 1.22 bits per heavy atom. The molecule has 0 saturated heterocycles. The lowest BCUT2D eigenvalue weighted by Gasteiger charge is -2.23. The van der Waals surface area contributed by atoms with Gasteiger partial charge in [-0.25, -0.2) is 4.39 Å². The Hall–Kier alpha value is -1.78. The van der Waals surface area contributed by atoms with Crippen LogP contribution in [0.1, 0.15) is 23.3 Å². The van der Waals surface area contributed by atoms with Crippen molar-refractivity contribution in [3.05, 3.63) is 65.7 Å². The van der Waals surface area contributed by atoms with Gasteiger partial charge >= 0.3 is 0 Å². The average Bonchev–Trinajstić information content (AvgIpc) is 2.41. The Bertz CT molecular complexity index is 504. The molecular formula is C14H15FN2O. The van der Waals surface area contributed by atoms with Crippen molar-refractivity contribution in [2.45, 2.75) is 12.1 Å². The van der Waals surface area contributed by atoms with Crippen LogP contribution in [0, 0.1) is 5.82 Å². The Balaban J connectivity index is 2.32. The zero-order valence-electron chi connectivity index (χ0n) is 10.1. The van der Waals surface area contributed by atoms with Crippen LogP contribution in [0.4, 0.5) is 4.39 Å². The van der Waals surface area contributed by atoms with E-state index >= 15 is 0 Å². The van der Waals surface area contributed by atoms with Gasteiger partial charge in [-0.15, -0.1) is 0 Å². The van der Waals surface area contributed by atoms with E-state index in [2.05, 4.69) is 4.98 Å². The molecule has 0 aliphatic rings. The molecule has 2 aromatic rings. The number of hydrogen-bond acceptors (Lipinski definition) is 3. The van der Waals surface area contributed by atoms with E-state index in [4.69, 9.17) is 10.5 Å². The summed E-state index contributed by atoms with van der Waals surface area (Å²) in [5, 5.41) is 0. The van der Waals surface area contributed by atoms with Gasteiger partial charge in [-0.2, -0.15) is 0 Å². The number of nitrogens with two attached hydrogens (primary N) is 1. The summed E-state index contributed by atoms with van der Waals surface area (Å²) in [7, 11) is 1.57. The summed E-state index contributed by atoms with van der Waals surface area (Å²) in [6.45, 7) is 0. The molecule has 2 unspecified atom stereocenters. The number of ether oxygens (including phenoxy) is 1. The van der Waals surface area contributed by atoms with E-state index in [-0.39, 0.29) is 6.10 Å². The third kappa shape index (κ3) is 2.55. The molecule has 0 fully saturated rings. The van der Waals surface area contributed by atoms with Gasteiger partial charge in [0, 0.05) is 18.9 Å². The third-order valence-electron chi connectivity index (χ3n) is 2.87. The summed E-state index contributed by atoms with van der Waals surface area (Å²) in [5.41, 5.74) is 7.41. The van der Waals surface area contributed by atoms with Crippen LogP contribution in [0.25, 0.3) is 0 Å². The molecule has 0 aliphatic carbocycles. The van der Waals surface area contributed by atoms with Crippen molar-refractivity contribution in [3.8, 4) is 0 Å². The van der Waals surface area contributed by atoms with Crippen molar-refractivity contribution in [1.29, 1.82) is 0 Å². The zero-order chi connectivity index (χ0) is 13.0. The number of benzene rings is 1. The Morgan fingerprint density at radius 2 is 1.94 bits per heavy atom. The van der Waals surface area contributed by atoms with Gasteiger partial charge in [0.05, 0.1) is 12.2 Å². The minimum Gasteiger partial charge on any atom is -0.375 e. The van der Waals surface area contributed by atoms with Crippen LogP contribution in [0.3, 0.4) is 0 Å². The molecule has 0 saturated carbocycles. The first-order valence-corrected chi connectivity index (χ1v) is 5.66. The van der Waals surface area contributed by atoms with Crippen LogP contribution in [0.2, 0.25) is 0 Å². The van der Waals surface area contributed by atoms with Gasteiger partial charge in [-0.05, 0) is 11.6 Å². The molecule has 1 heterocycles. The van der Waals surface area contributed by atoms with Crippen LogP contribution in [-0.2, 0) is 4.74 Å². The molecule has 4 heteroatoms. The Kier molecular flexibility index (Phi) is 4.02. The molecule has 2 atom stereocenters. The number of pyridine rings is 1. The van der Waals surface area contributed by atoms with Crippen molar-refractivity contribution >= 4 is 0 Å². The topological polar surface area (TPSA) is 48.1 Å². The first kappa shape index (κ1) is 12.7. The molecular weight excluding hydrogens is 231 g/mol. The lowest BCUT2D eigenvalue weighted by molar-refractivity contribution is 0.0791. The molecule has 94 valence electrons. The minimum absolute atomic E-state index is 0.386. The fourth-order valence-corrected chi connectivity index (χ4v) is 1.95. The van der Waals surface area contributed by atoms with Gasteiger partial charge in [-0.3, -0.25) is 4.98 Å². The van der Waals surface area contributed by atoms with Crippen LogP contribution >= 0.6 is 0 Å². The molecule has 1 aromatic carbocycles. The van der Waals surface area contributed by atoms with Crippen molar-refractivity contribution in [3.63, 3.8) is 0 Å². The van der Waals surface area contributed by atoms with Gasteiger partial charge in [0.15, 0.2) is 0 Å². The lowest BCUT2D eigenvalue weighted by atomic mass is 9.97. The maximum absolute atomic E-state index is 13.7. The third-order valence-corrected chi connectivity index (χ3v) is 2.87. The highest BCUT2D eigenvalue weighted by Crippen LogP contribution is 2.30. The van der Waals surface area contributed by atoms with E-state index in [1.165, 1.54) is 6.20 Å². The molecule has 0 aliphatic heterocycles. The predicted octanol–water partition coefficient (Wildman–Crippen LogP) is 2.61. The van der Waals surface area contributed by atoms with E-state index in [0.717, 1.165) is 11.8 Å². The summed E-state index contributed by atoms with van der Waals surface area (Å²) in [5.74, 6) is -0.414. The Morgan fingerprint density at radius 3 is 2.56 bits per heavy atom. The van der Waals surface area contributed by atoms with Gasteiger partial charge in [0.1, 0.15) is 11.9 Å². The fraction of sp³-hybridized carbons (Fsp3) is 0.214. The summed E-state index contributed by atoms with van der Waals surface area (Å²) in [4.78, 5) is 3.71. The van der Waals surface area contributed by atoms with Crippen molar-refractivity contribution in [1.82, 2.24) is 4.98 Å². The zero-order valence-corrected chi connectivity index (χ0v) is 10.1. The normalized spacial score (nSPS) is 14.2. The highest BCUT2D eigenvalue weighted by Gasteiger charge is 2.23. The molecule has 3 nitrogen and oxygen atoms in total. The SMILES string of the molecule is COC(c1ccccc1)C(N)c1ccncc1F. The second-order valence-corrected chi connectivity index (χ2v) is 3.99. The predicted molar refractivity (Wildman–Crippen MR) is 67.3 cm³/mol. The summed E-state index contributed by atoms with van der Waals surface area (Å²) in [6.07, 6.45) is 2.30. The number of nitrogens with zero attached hydrogens (tertiary/aromatic N) is 1. The van der Waals surface area contributed by atoms with Crippen molar-refractivity contribution in [2.75, 3.05) is 7.11 Å². The second kappa shape index (κ2) is 5.71. The average molecular weight is 246 g/mol. The summed E-state index contributed by atoms with van der Waals surface area (Å²) in [6, 6.07) is 10.5. The van der Waals surface area contributed by atoms with E-state index < -0.39 is 11.9 Å². The van der Waals surface area contributed by atoms with E-state index in [0.29, 0.717) is 5.56 Å². The second-order valence-electron chi connectivity index (χ2n) is 3.99. The highest BCUT2D eigenvalue weighted by atomic mass is 19.1. The lowest BCUT2D eigenvalue weighted by Crippen LogP contribution is -2.22. The van der Waals surface area contributed by atoms with E-state index in [1.807, 2.05) is 30.3 Å². The molecule has 0 bridgehead atoms.